The summed E-state index contributed by atoms with van der Waals surface area (Å²) in [5.74, 6) is 0.381. The Morgan fingerprint density at radius 3 is 3.11 bits per heavy atom. The molecular weight excluding hydrogens is 242 g/mol. The summed E-state index contributed by atoms with van der Waals surface area (Å²) in [6.45, 7) is 4.48. The smallest absolute Gasteiger partial charge is 0.259 e. The quantitative estimate of drug-likeness (QED) is 0.870. The fraction of sp³-hybridized carbons (Fsp3) is 0.571. The summed E-state index contributed by atoms with van der Waals surface area (Å²) >= 11 is 0. The Labute approximate surface area is 114 Å². The molecule has 0 aromatic carbocycles. The van der Waals surface area contributed by atoms with E-state index in [-0.39, 0.29) is 5.91 Å². The molecule has 1 aliphatic heterocycles. The maximum atomic E-state index is 12.5. The van der Waals surface area contributed by atoms with E-state index in [1.54, 1.807) is 18.3 Å². The molecule has 0 radical (unpaired) electrons. The Balaban J connectivity index is 2.10. The van der Waals surface area contributed by atoms with Crippen LogP contribution < -0.4 is 10.1 Å². The molecule has 0 spiro atoms. The first-order valence-corrected chi connectivity index (χ1v) is 6.78. The SMILES string of the molecule is CCN(CC1CCCN1)C(=O)c1cccnc1OC. The molecule has 1 unspecified atom stereocenters. The van der Waals surface area contributed by atoms with Crippen LogP contribution in [0.15, 0.2) is 18.3 Å². The first-order chi connectivity index (χ1) is 9.26. The molecule has 5 nitrogen and oxygen atoms in total. The van der Waals surface area contributed by atoms with Gasteiger partial charge in [0.15, 0.2) is 0 Å². The average Bonchev–Trinajstić information content (AvgIpc) is 2.97. The summed E-state index contributed by atoms with van der Waals surface area (Å²) in [4.78, 5) is 18.5. The summed E-state index contributed by atoms with van der Waals surface area (Å²) in [5, 5.41) is 3.42. The second-order valence-electron chi connectivity index (χ2n) is 4.70. The van der Waals surface area contributed by atoms with Crippen LogP contribution in [0, 0.1) is 0 Å². The van der Waals surface area contributed by atoms with Gasteiger partial charge in [-0.3, -0.25) is 4.79 Å². The van der Waals surface area contributed by atoms with Crippen molar-refractivity contribution in [1.82, 2.24) is 15.2 Å². The predicted octanol–water partition coefficient (Wildman–Crippen LogP) is 1.30. The predicted molar refractivity (Wildman–Crippen MR) is 73.4 cm³/mol. The number of likely N-dealkylation sites (N-methyl/N-ethyl adjacent to an activating group) is 1. The van der Waals surface area contributed by atoms with Crippen molar-refractivity contribution in [2.24, 2.45) is 0 Å². The second-order valence-corrected chi connectivity index (χ2v) is 4.70. The van der Waals surface area contributed by atoms with Crippen LogP contribution in [0.25, 0.3) is 0 Å². The highest BCUT2D eigenvalue weighted by Crippen LogP contribution is 2.17. The number of methoxy groups -OCH3 is 1. The number of carbonyl (C=O) groups is 1. The van der Waals surface area contributed by atoms with E-state index >= 15 is 0 Å². The Bertz CT molecular complexity index is 430. The van der Waals surface area contributed by atoms with Gasteiger partial charge in [0, 0.05) is 25.3 Å². The van der Waals surface area contributed by atoms with Crippen molar-refractivity contribution in [1.29, 1.82) is 0 Å². The van der Waals surface area contributed by atoms with Gasteiger partial charge in [0.25, 0.3) is 5.91 Å². The van der Waals surface area contributed by atoms with Gasteiger partial charge in [-0.2, -0.15) is 0 Å². The van der Waals surface area contributed by atoms with Crippen LogP contribution in [0.3, 0.4) is 0 Å². The Morgan fingerprint density at radius 1 is 1.63 bits per heavy atom. The first kappa shape index (κ1) is 13.8. The molecule has 0 bridgehead atoms. The largest absolute Gasteiger partial charge is 0.480 e. The number of ether oxygens (including phenoxy) is 1. The van der Waals surface area contributed by atoms with Gasteiger partial charge in [-0.15, -0.1) is 0 Å². The van der Waals surface area contributed by atoms with Crippen molar-refractivity contribution < 1.29 is 9.53 Å². The van der Waals surface area contributed by atoms with Crippen molar-refractivity contribution in [3.05, 3.63) is 23.9 Å². The monoisotopic (exact) mass is 263 g/mol. The fourth-order valence-electron chi connectivity index (χ4n) is 2.42. The Kier molecular flexibility index (Phi) is 4.74. The molecule has 2 heterocycles. The third-order valence-electron chi connectivity index (χ3n) is 3.47. The van der Waals surface area contributed by atoms with E-state index in [4.69, 9.17) is 4.74 Å². The highest BCUT2D eigenvalue weighted by molar-refractivity contribution is 5.96. The van der Waals surface area contributed by atoms with Gasteiger partial charge in [0.05, 0.1) is 7.11 Å². The maximum absolute atomic E-state index is 12.5. The van der Waals surface area contributed by atoms with Gasteiger partial charge in [-0.25, -0.2) is 4.98 Å². The summed E-state index contributed by atoms with van der Waals surface area (Å²) in [6, 6.07) is 3.93. The summed E-state index contributed by atoms with van der Waals surface area (Å²) in [7, 11) is 1.54. The number of carbonyl (C=O) groups excluding carboxylic acids is 1. The zero-order valence-electron chi connectivity index (χ0n) is 11.6. The van der Waals surface area contributed by atoms with E-state index in [9.17, 15) is 4.79 Å². The minimum absolute atomic E-state index is 0.0128. The van der Waals surface area contributed by atoms with Gasteiger partial charge in [0.2, 0.25) is 5.88 Å². The minimum Gasteiger partial charge on any atom is -0.480 e. The molecule has 1 aromatic rings. The van der Waals surface area contributed by atoms with E-state index in [1.165, 1.54) is 13.5 Å². The lowest BCUT2D eigenvalue weighted by molar-refractivity contribution is 0.0747. The van der Waals surface area contributed by atoms with E-state index in [2.05, 4.69) is 10.3 Å². The molecule has 1 aliphatic rings. The number of aromatic nitrogens is 1. The minimum atomic E-state index is -0.0128. The highest BCUT2D eigenvalue weighted by atomic mass is 16.5. The summed E-state index contributed by atoms with van der Waals surface area (Å²) in [6.07, 6.45) is 3.95. The molecule has 1 aromatic heterocycles. The molecule has 1 atom stereocenters. The van der Waals surface area contributed by atoms with Crippen LogP contribution in [0.2, 0.25) is 0 Å². The second kappa shape index (κ2) is 6.52. The molecule has 1 fully saturated rings. The van der Waals surface area contributed by atoms with Gasteiger partial charge >= 0.3 is 0 Å². The molecule has 1 amide bonds. The van der Waals surface area contributed by atoms with Crippen LogP contribution >= 0.6 is 0 Å². The third-order valence-corrected chi connectivity index (χ3v) is 3.47. The number of hydrogen-bond acceptors (Lipinski definition) is 4. The zero-order chi connectivity index (χ0) is 13.7. The van der Waals surface area contributed by atoms with Crippen LogP contribution in [-0.2, 0) is 0 Å². The summed E-state index contributed by atoms with van der Waals surface area (Å²) < 4.78 is 5.16. The zero-order valence-corrected chi connectivity index (χ0v) is 11.6. The third kappa shape index (κ3) is 3.23. The molecule has 19 heavy (non-hydrogen) atoms. The topological polar surface area (TPSA) is 54.5 Å². The number of pyridine rings is 1. The van der Waals surface area contributed by atoms with E-state index < -0.39 is 0 Å². The van der Waals surface area contributed by atoms with Crippen molar-refractivity contribution in [2.45, 2.75) is 25.8 Å². The Morgan fingerprint density at radius 2 is 2.47 bits per heavy atom. The van der Waals surface area contributed by atoms with E-state index in [0.717, 1.165) is 19.5 Å². The highest BCUT2D eigenvalue weighted by Gasteiger charge is 2.23. The molecule has 104 valence electrons. The van der Waals surface area contributed by atoms with Gasteiger partial charge in [0.1, 0.15) is 5.56 Å². The van der Waals surface area contributed by atoms with Crippen molar-refractivity contribution >= 4 is 5.91 Å². The lowest BCUT2D eigenvalue weighted by Gasteiger charge is -2.25. The standard InChI is InChI=1S/C14H21N3O2/c1-3-17(10-11-6-4-8-15-11)14(18)12-7-5-9-16-13(12)19-2/h5,7,9,11,15H,3-4,6,8,10H2,1-2H3. The first-order valence-electron chi connectivity index (χ1n) is 6.78. The molecule has 5 heteroatoms. The van der Waals surface area contributed by atoms with Crippen molar-refractivity contribution in [3.63, 3.8) is 0 Å². The number of hydrogen-bond donors (Lipinski definition) is 1. The van der Waals surface area contributed by atoms with Crippen LogP contribution in [0.5, 0.6) is 5.88 Å². The van der Waals surface area contributed by atoms with Gasteiger partial charge < -0.3 is 15.0 Å². The molecular formula is C14H21N3O2. The molecule has 1 N–H and O–H groups in total. The number of nitrogens with zero attached hydrogens (tertiary/aromatic N) is 2. The lowest BCUT2D eigenvalue weighted by Crippen LogP contribution is -2.41. The molecule has 1 saturated heterocycles. The van der Waals surface area contributed by atoms with Crippen LogP contribution in [0.1, 0.15) is 30.1 Å². The molecule has 0 aliphatic carbocycles. The number of rotatable bonds is 5. The van der Waals surface area contributed by atoms with E-state index in [0.29, 0.717) is 24.0 Å². The number of nitrogens with one attached hydrogen (secondary N) is 1. The van der Waals surface area contributed by atoms with Crippen LogP contribution in [0.4, 0.5) is 0 Å². The lowest BCUT2D eigenvalue weighted by atomic mass is 10.2. The average molecular weight is 263 g/mol. The number of amides is 1. The normalized spacial score (nSPS) is 18.3. The van der Waals surface area contributed by atoms with Crippen molar-refractivity contribution in [2.75, 3.05) is 26.7 Å². The van der Waals surface area contributed by atoms with Crippen LogP contribution in [-0.4, -0.2) is 48.6 Å². The maximum Gasteiger partial charge on any atom is 0.259 e. The fourth-order valence-corrected chi connectivity index (χ4v) is 2.42. The Hall–Kier alpha value is -1.62. The van der Waals surface area contributed by atoms with E-state index in [1.807, 2.05) is 11.8 Å². The van der Waals surface area contributed by atoms with Gasteiger partial charge in [-0.1, -0.05) is 0 Å². The molecule has 2 rings (SSSR count). The van der Waals surface area contributed by atoms with Crippen molar-refractivity contribution in [3.8, 4) is 5.88 Å². The molecule has 0 saturated carbocycles. The van der Waals surface area contributed by atoms with Gasteiger partial charge in [-0.05, 0) is 38.4 Å². The summed E-state index contributed by atoms with van der Waals surface area (Å²) in [5.41, 5.74) is 0.532.